The Labute approximate surface area is 117 Å². The summed E-state index contributed by atoms with van der Waals surface area (Å²) >= 11 is 0. The first-order chi connectivity index (χ1) is 9.56. The van der Waals surface area contributed by atoms with E-state index in [-0.39, 0.29) is 11.5 Å². The summed E-state index contributed by atoms with van der Waals surface area (Å²) in [6.45, 7) is 4.61. The van der Waals surface area contributed by atoms with E-state index in [2.05, 4.69) is 10.3 Å². The zero-order valence-corrected chi connectivity index (χ0v) is 11.6. The van der Waals surface area contributed by atoms with E-state index in [1.807, 2.05) is 26.0 Å². The number of rotatable bonds is 6. The van der Waals surface area contributed by atoms with Crippen molar-refractivity contribution in [2.45, 2.75) is 26.2 Å². The fourth-order valence-corrected chi connectivity index (χ4v) is 1.83. The van der Waals surface area contributed by atoms with Gasteiger partial charge in [0.1, 0.15) is 11.6 Å². The predicted octanol–water partition coefficient (Wildman–Crippen LogP) is 3.15. The van der Waals surface area contributed by atoms with Crippen molar-refractivity contribution >= 4 is 11.8 Å². The Morgan fingerprint density at radius 2 is 2.25 bits per heavy atom. The molecule has 0 aliphatic carbocycles. The second kappa shape index (κ2) is 6.23. The second-order valence-electron chi connectivity index (χ2n) is 4.88. The van der Waals surface area contributed by atoms with Gasteiger partial charge >= 0.3 is 5.97 Å². The molecule has 0 radical (unpaired) electrons. The van der Waals surface area contributed by atoms with Gasteiger partial charge in [-0.2, -0.15) is 0 Å². The summed E-state index contributed by atoms with van der Waals surface area (Å²) in [6, 6.07) is 6.92. The SMILES string of the molecule is CC(C)c1cc(C(=O)O)cc(NCCc2ccco2)n1. The summed E-state index contributed by atoms with van der Waals surface area (Å²) in [6.07, 6.45) is 2.36. The van der Waals surface area contributed by atoms with Crippen LogP contribution >= 0.6 is 0 Å². The van der Waals surface area contributed by atoms with Crippen molar-refractivity contribution in [2.75, 3.05) is 11.9 Å². The molecule has 0 aliphatic heterocycles. The van der Waals surface area contributed by atoms with Crippen molar-refractivity contribution in [1.82, 2.24) is 4.98 Å². The van der Waals surface area contributed by atoms with E-state index in [1.165, 1.54) is 0 Å². The number of carbonyl (C=O) groups is 1. The van der Waals surface area contributed by atoms with Crippen molar-refractivity contribution in [1.29, 1.82) is 0 Å². The number of hydrogen-bond acceptors (Lipinski definition) is 4. The Kier molecular flexibility index (Phi) is 4.40. The van der Waals surface area contributed by atoms with Crippen LogP contribution in [0.25, 0.3) is 0 Å². The molecule has 0 amide bonds. The standard InChI is InChI=1S/C15H18N2O3/c1-10(2)13-8-11(15(18)19)9-14(17-13)16-6-5-12-4-3-7-20-12/h3-4,7-10H,5-6H2,1-2H3,(H,16,17)(H,18,19). The molecule has 0 aliphatic rings. The van der Waals surface area contributed by atoms with Gasteiger partial charge in [0.05, 0.1) is 11.8 Å². The lowest BCUT2D eigenvalue weighted by atomic mass is 10.1. The normalized spacial score (nSPS) is 10.8. The molecule has 5 nitrogen and oxygen atoms in total. The van der Waals surface area contributed by atoms with E-state index < -0.39 is 5.97 Å². The lowest BCUT2D eigenvalue weighted by Crippen LogP contribution is -2.09. The third kappa shape index (κ3) is 3.60. The Hall–Kier alpha value is -2.30. The molecule has 0 fully saturated rings. The molecule has 5 heteroatoms. The summed E-state index contributed by atoms with van der Waals surface area (Å²) in [5.41, 5.74) is 1.02. The molecule has 0 aromatic carbocycles. The van der Waals surface area contributed by atoms with Gasteiger partial charge in [-0.3, -0.25) is 0 Å². The van der Waals surface area contributed by atoms with Crippen LogP contribution in [-0.2, 0) is 6.42 Å². The molecule has 20 heavy (non-hydrogen) atoms. The highest BCUT2D eigenvalue weighted by Gasteiger charge is 2.10. The number of pyridine rings is 1. The first kappa shape index (κ1) is 14.1. The van der Waals surface area contributed by atoms with E-state index in [9.17, 15) is 4.79 Å². The number of carboxylic acid groups (broad SMARTS) is 1. The lowest BCUT2D eigenvalue weighted by Gasteiger charge is -2.10. The van der Waals surface area contributed by atoms with Crippen molar-refractivity contribution in [3.05, 3.63) is 47.5 Å². The van der Waals surface area contributed by atoms with E-state index in [4.69, 9.17) is 9.52 Å². The van der Waals surface area contributed by atoms with Gasteiger partial charge in [0.15, 0.2) is 0 Å². The van der Waals surface area contributed by atoms with Gasteiger partial charge < -0.3 is 14.8 Å². The van der Waals surface area contributed by atoms with Gasteiger partial charge in [-0.1, -0.05) is 13.8 Å². The van der Waals surface area contributed by atoms with E-state index in [1.54, 1.807) is 18.4 Å². The Balaban J connectivity index is 2.07. The summed E-state index contributed by atoms with van der Waals surface area (Å²) in [5.74, 6) is 0.708. The predicted molar refractivity (Wildman–Crippen MR) is 76.2 cm³/mol. The number of aromatic carboxylic acids is 1. The largest absolute Gasteiger partial charge is 0.478 e. The average Bonchev–Trinajstić information content (AvgIpc) is 2.91. The summed E-state index contributed by atoms with van der Waals surface area (Å²) in [7, 11) is 0. The van der Waals surface area contributed by atoms with E-state index in [0.29, 0.717) is 12.4 Å². The van der Waals surface area contributed by atoms with Crippen LogP contribution in [0, 0.1) is 0 Å². The van der Waals surface area contributed by atoms with Crippen molar-refractivity contribution in [3.8, 4) is 0 Å². The maximum absolute atomic E-state index is 11.1. The van der Waals surface area contributed by atoms with Crippen LogP contribution in [0.15, 0.2) is 34.9 Å². The van der Waals surface area contributed by atoms with Gasteiger partial charge in [0.2, 0.25) is 0 Å². The number of carboxylic acids is 1. The van der Waals surface area contributed by atoms with Crippen LogP contribution in [0.3, 0.4) is 0 Å². The second-order valence-corrected chi connectivity index (χ2v) is 4.88. The number of nitrogens with zero attached hydrogens (tertiary/aromatic N) is 1. The highest BCUT2D eigenvalue weighted by atomic mass is 16.4. The maximum atomic E-state index is 11.1. The van der Waals surface area contributed by atoms with Gasteiger partial charge in [-0.25, -0.2) is 9.78 Å². The highest BCUT2D eigenvalue weighted by Crippen LogP contribution is 2.17. The summed E-state index contributed by atoms with van der Waals surface area (Å²) in [5, 5.41) is 12.3. The van der Waals surface area contributed by atoms with Crippen LogP contribution in [0.4, 0.5) is 5.82 Å². The van der Waals surface area contributed by atoms with E-state index >= 15 is 0 Å². The Morgan fingerprint density at radius 1 is 1.45 bits per heavy atom. The first-order valence-electron chi connectivity index (χ1n) is 6.58. The minimum absolute atomic E-state index is 0.180. The van der Waals surface area contributed by atoms with Gasteiger partial charge in [-0.15, -0.1) is 0 Å². The molecule has 2 N–H and O–H groups in total. The van der Waals surface area contributed by atoms with Crippen molar-refractivity contribution in [3.63, 3.8) is 0 Å². The van der Waals surface area contributed by atoms with Crippen LogP contribution in [0.2, 0.25) is 0 Å². The molecular weight excluding hydrogens is 256 g/mol. The molecule has 106 valence electrons. The molecule has 0 spiro atoms. The topological polar surface area (TPSA) is 75.4 Å². The molecule has 0 bridgehead atoms. The first-order valence-corrected chi connectivity index (χ1v) is 6.58. The molecule has 2 aromatic rings. The molecule has 0 unspecified atom stereocenters. The molecule has 2 heterocycles. The molecular formula is C15H18N2O3. The number of aromatic nitrogens is 1. The third-order valence-electron chi connectivity index (χ3n) is 2.94. The van der Waals surface area contributed by atoms with Gasteiger partial charge in [0, 0.05) is 18.7 Å². The maximum Gasteiger partial charge on any atom is 0.335 e. The number of anilines is 1. The van der Waals surface area contributed by atoms with E-state index in [0.717, 1.165) is 17.9 Å². The molecule has 0 saturated carbocycles. The smallest absolute Gasteiger partial charge is 0.335 e. The molecule has 2 rings (SSSR count). The monoisotopic (exact) mass is 274 g/mol. The fourth-order valence-electron chi connectivity index (χ4n) is 1.83. The number of nitrogens with one attached hydrogen (secondary N) is 1. The molecule has 0 atom stereocenters. The summed E-state index contributed by atoms with van der Waals surface area (Å²) in [4.78, 5) is 15.5. The zero-order chi connectivity index (χ0) is 14.5. The van der Waals surface area contributed by atoms with Crippen LogP contribution < -0.4 is 5.32 Å². The minimum atomic E-state index is -0.941. The van der Waals surface area contributed by atoms with Crippen molar-refractivity contribution < 1.29 is 14.3 Å². The third-order valence-corrected chi connectivity index (χ3v) is 2.94. The van der Waals surface area contributed by atoms with Crippen LogP contribution in [0.5, 0.6) is 0 Å². The number of furan rings is 1. The Bertz CT molecular complexity index is 577. The van der Waals surface area contributed by atoms with Crippen LogP contribution in [0.1, 0.15) is 41.6 Å². The zero-order valence-electron chi connectivity index (χ0n) is 11.6. The molecule has 2 aromatic heterocycles. The summed E-state index contributed by atoms with van der Waals surface area (Å²) < 4.78 is 5.24. The minimum Gasteiger partial charge on any atom is -0.478 e. The quantitative estimate of drug-likeness (QED) is 0.846. The average molecular weight is 274 g/mol. The number of hydrogen-bond donors (Lipinski definition) is 2. The lowest BCUT2D eigenvalue weighted by molar-refractivity contribution is 0.0696. The highest BCUT2D eigenvalue weighted by molar-refractivity contribution is 5.88. The fraction of sp³-hybridized carbons (Fsp3) is 0.333. The molecule has 0 saturated heterocycles. The van der Waals surface area contributed by atoms with Gasteiger partial charge in [-0.05, 0) is 30.2 Å². The van der Waals surface area contributed by atoms with Crippen LogP contribution in [-0.4, -0.2) is 22.6 Å². The Morgan fingerprint density at radius 3 is 2.85 bits per heavy atom. The van der Waals surface area contributed by atoms with Gasteiger partial charge in [0.25, 0.3) is 0 Å². The van der Waals surface area contributed by atoms with Crippen molar-refractivity contribution in [2.24, 2.45) is 0 Å².